The average molecular weight is 193 g/mol. The van der Waals surface area contributed by atoms with E-state index >= 15 is 0 Å². The van der Waals surface area contributed by atoms with Crippen LogP contribution < -0.4 is 5.32 Å². The fraction of sp³-hybridized carbons (Fsp3) is 0.500. The highest BCUT2D eigenvalue weighted by Crippen LogP contribution is 2.14. The normalized spacial score (nSPS) is 12.7. The summed E-state index contributed by atoms with van der Waals surface area (Å²) in [5.41, 5.74) is 0.968. The quantitative estimate of drug-likeness (QED) is 0.753. The molecule has 0 radical (unpaired) electrons. The maximum Gasteiger partial charge on any atom is 0.120 e. The minimum atomic E-state index is 0.379. The summed E-state index contributed by atoms with van der Waals surface area (Å²) < 4.78 is 0. The van der Waals surface area contributed by atoms with Gasteiger partial charge in [0.15, 0.2) is 0 Å². The summed E-state index contributed by atoms with van der Waals surface area (Å²) in [6, 6.07) is 7.45. The monoisotopic (exact) mass is 193 g/mol. The minimum absolute atomic E-state index is 0.379. The third-order valence-corrected chi connectivity index (χ3v) is 2.50. The summed E-state index contributed by atoms with van der Waals surface area (Å²) >= 11 is 0. The first kappa shape index (κ1) is 11.1. The maximum atomic E-state index is 9.49. The van der Waals surface area contributed by atoms with Crippen molar-refractivity contribution < 1.29 is 5.11 Å². The van der Waals surface area contributed by atoms with E-state index < -0.39 is 0 Å². The molecule has 0 aliphatic heterocycles. The number of benzene rings is 1. The van der Waals surface area contributed by atoms with Crippen LogP contribution in [0.15, 0.2) is 24.3 Å². The minimum Gasteiger partial charge on any atom is -0.508 e. The van der Waals surface area contributed by atoms with Crippen LogP contribution in [0.2, 0.25) is 0 Å². The molecule has 0 saturated carbocycles. The van der Waals surface area contributed by atoms with E-state index in [1.807, 2.05) is 18.2 Å². The summed E-state index contributed by atoms with van der Waals surface area (Å²) in [7, 11) is 0. The molecule has 0 amide bonds. The molecule has 1 aromatic carbocycles. The van der Waals surface area contributed by atoms with E-state index in [0.29, 0.717) is 11.7 Å². The van der Waals surface area contributed by atoms with Gasteiger partial charge in [0.25, 0.3) is 0 Å². The summed E-state index contributed by atoms with van der Waals surface area (Å²) in [5.74, 6) is 1.07. The second-order valence-corrected chi connectivity index (χ2v) is 3.77. The third-order valence-electron chi connectivity index (χ3n) is 2.50. The predicted molar refractivity (Wildman–Crippen MR) is 59.3 cm³/mol. The molecule has 0 fully saturated rings. The third kappa shape index (κ3) is 3.38. The van der Waals surface area contributed by atoms with Gasteiger partial charge in [-0.15, -0.1) is 0 Å². The molecule has 0 aliphatic carbocycles. The summed E-state index contributed by atoms with van der Waals surface area (Å²) in [6.07, 6.45) is 1.19. The van der Waals surface area contributed by atoms with Gasteiger partial charge in [-0.3, -0.25) is 0 Å². The van der Waals surface area contributed by atoms with Gasteiger partial charge in [0.1, 0.15) is 5.75 Å². The first-order chi connectivity index (χ1) is 6.74. The molecule has 0 saturated heterocycles. The fourth-order valence-electron chi connectivity index (χ4n) is 1.26. The van der Waals surface area contributed by atoms with E-state index in [1.165, 1.54) is 6.42 Å². The van der Waals surface area contributed by atoms with Crippen molar-refractivity contribution in [3.8, 4) is 5.75 Å². The van der Waals surface area contributed by atoms with Crippen molar-refractivity contribution in [1.82, 2.24) is 5.32 Å². The Balaban J connectivity index is 2.35. The Morgan fingerprint density at radius 3 is 2.71 bits per heavy atom. The zero-order valence-electron chi connectivity index (χ0n) is 8.96. The van der Waals surface area contributed by atoms with Gasteiger partial charge >= 0.3 is 0 Å². The predicted octanol–water partition coefficient (Wildman–Crippen LogP) is 2.53. The molecule has 2 N–H and O–H groups in total. The second kappa shape index (κ2) is 5.66. The van der Waals surface area contributed by atoms with E-state index in [4.69, 9.17) is 0 Å². The molecule has 1 rings (SSSR count). The lowest BCUT2D eigenvalue weighted by atomic mass is 10.1. The molecule has 0 bridgehead atoms. The zero-order chi connectivity index (χ0) is 10.4. The highest BCUT2D eigenvalue weighted by atomic mass is 16.3. The van der Waals surface area contributed by atoms with Crippen LogP contribution in [0.5, 0.6) is 5.75 Å². The second-order valence-electron chi connectivity index (χ2n) is 3.77. The largest absolute Gasteiger partial charge is 0.508 e. The molecule has 1 atom stereocenters. The molecule has 0 spiro atoms. The number of rotatable bonds is 5. The SMILES string of the molecule is CCC(C)CNCc1ccccc1O. The van der Waals surface area contributed by atoms with Crippen molar-refractivity contribution >= 4 is 0 Å². The van der Waals surface area contributed by atoms with Crippen LogP contribution >= 0.6 is 0 Å². The number of aromatic hydroxyl groups is 1. The van der Waals surface area contributed by atoms with Gasteiger partial charge in [-0.2, -0.15) is 0 Å². The molecular formula is C12H19NO. The van der Waals surface area contributed by atoms with Crippen LogP contribution in [0.1, 0.15) is 25.8 Å². The fourth-order valence-corrected chi connectivity index (χ4v) is 1.26. The van der Waals surface area contributed by atoms with Crippen LogP contribution in [0.25, 0.3) is 0 Å². The summed E-state index contributed by atoms with van der Waals surface area (Å²) in [4.78, 5) is 0. The van der Waals surface area contributed by atoms with Crippen LogP contribution in [0, 0.1) is 5.92 Å². The van der Waals surface area contributed by atoms with Crippen LogP contribution in [-0.2, 0) is 6.54 Å². The Morgan fingerprint density at radius 2 is 2.07 bits per heavy atom. The molecule has 1 aromatic rings. The lowest BCUT2D eigenvalue weighted by molar-refractivity contribution is 0.456. The first-order valence-corrected chi connectivity index (χ1v) is 5.21. The number of para-hydroxylation sites is 1. The Hall–Kier alpha value is -1.02. The van der Waals surface area contributed by atoms with Crippen LogP contribution in [-0.4, -0.2) is 11.7 Å². The highest BCUT2D eigenvalue weighted by molar-refractivity contribution is 5.31. The molecule has 78 valence electrons. The molecule has 14 heavy (non-hydrogen) atoms. The van der Waals surface area contributed by atoms with Crippen molar-refractivity contribution in [2.24, 2.45) is 5.92 Å². The molecule has 2 heteroatoms. The Kier molecular flexibility index (Phi) is 4.47. The zero-order valence-corrected chi connectivity index (χ0v) is 8.96. The van der Waals surface area contributed by atoms with Gasteiger partial charge < -0.3 is 10.4 Å². The van der Waals surface area contributed by atoms with Crippen molar-refractivity contribution in [2.75, 3.05) is 6.54 Å². The summed E-state index contributed by atoms with van der Waals surface area (Å²) in [5, 5.41) is 12.8. The Labute approximate surface area is 86.0 Å². The highest BCUT2D eigenvalue weighted by Gasteiger charge is 2.00. The van der Waals surface area contributed by atoms with E-state index in [0.717, 1.165) is 18.7 Å². The van der Waals surface area contributed by atoms with Gasteiger partial charge in [0.05, 0.1) is 0 Å². The van der Waals surface area contributed by atoms with Crippen molar-refractivity contribution in [3.05, 3.63) is 29.8 Å². The lowest BCUT2D eigenvalue weighted by Crippen LogP contribution is -2.20. The lowest BCUT2D eigenvalue weighted by Gasteiger charge is -2.10. The van der Waals surface area contributed by atoms with Gasteiger partial charge in [-0.25, -0.2) is 0 Å². The molecular weight excluding hydrogens is 174 g/mol. The average Bonchev–Trinajstić information content (AvgIpc) is 2.20. The van der Waals surface area contributed by atoms with Gasteiger partial charge in [-0.05, 0) is 18.5 Å². The van der Waals surface area contributed by atoms with Gasteiger partial charge in [0, 0.05) is 12.1 Å². The van der Waals surface area contributed by atoms with Gasteiger partial charge in [0.2, 0.25) is 0 Å². The summed E-state index contributed by atoms with van der Waals surface area (Å²) in [6.45, 7) is 6.16. The Bertz CT molecular complexity index is 273. The number of phenols is 1. The number of phenolic OH excluding ortho intramolecular Hbond substituents is 1. The molecule has 1 unspecified atom stereocenters. The van der Waals surface area contributed by atoms with Gasteiger partial charge in [-0.1, -0.05) is 38.5 Å². The standard InChI is InChI=1S/C12H19NO/c1-3-10(2)8-13-9-11-6-4-5-7-12(11)14/h4-7,10,13-14H,3,8-9H2,1-2H3. The van der Waals surface area contributed by atoms with Crippen molar-refractivity contribution in [2.45, 2.75) is 26.8 Å². The van der Waals surface area contributed by atoms with Crippen molar-refractivity contribution in [3.63, 3.8) is 0 Å². The smallest absolute Gasteiger partial charge is 0.120 e. The first-order valence-electron chi connectivity index (χ1n) is 5.21. The van der Waals surface area contributed by atoms with E-state index in [-0.39, 0.29) is 0 Å². The van der Waals surface area contributed by atoms with E-state index in [2.05, 4.69) is 19.2 Å². The topological polar surface area (TPSA) is 32.3 Å². The molecule has 0 aliphatic rings. The van der Waals surface area contributed by atoms with Crippen LogP contribution in [0.3, 0.4) is 0 Å². The number of nitrogens with one attached hydrogen (secondary N) is 1. The number of hydrogen-bond donors (Lipinski definition) is 2. The molecule has 2 nitrogen and oxygen atoms in total. The molecule has 0 heterocycles. The Morgan fingerprint density at radius 1 is 1.36 bits per heavy atom. The maximum absolute atomic E-state index is 9.49. The van der Waals surface area contributed by atoms with E-state index in [9.17, 15) is 5.11 Å². The van der Waals surface area contributed by atoms with Crippen LogP contribution in [0.4, 0.5) is 0 Å². The number of hydrogen-bond acceptors (Lipinski definition) is 2. The molecule has 0 aromatic heterocycles. The van der Waals surface area contributed by atoms with Crippen molar-refractivity contribution in [1.29, 1.82) is 0 Å². The van der Waals surface area contributed by atoms with E-state index in [1.54, 1.807) is 6.07 Å².